The molecule has 2 atom stereocenters. The Kier molecular flexibility index (Phi) is 15.3. The molecule has 1 aromatic rings. The molecule has 45 heavy (non-hydrogen) atoms. The number of allylic oxidation sites excluding steroid dienone is 3. The minimum Gasteiger partial charge on any atom is -0.370 e. The molecule has 0 aromatic carbocycles. The van der Waals surface area contributed by atoms with Gasteiger partial charge in [0.05, 0.1) is 5.69 Å². The summed E-state index contributed by atoms with van der Waals surface area (Å²) in [7, 11) is 4.04. The van der Waals surface area contributed by atoms with Crippen LogP contribution in [0, 0.1) is 17.2 Å². The summed E-state index contributed by atoms with van der Waals surface area (Å²) in [5.41, 5.74) is 4.60. The fourth-order valence-electron chi connectivity index (χ4n) is 5.87. The highest BCUT2D eigenvalue weighted by atomic mass is 19.4. The van der Waals surface area contributed by atoms with Crippen LogP contribution in [0.4, 0.5) is 24.7 Å². The number of hydrogen-bond donors (Lipinski definition) is 2. The Labute approximate surface area is 268 Å². The number of aromatic nitrogens is 1. The molecule has 3 rings (SSSR count). The minimum atomic E-state index is -4.74. The van der Waals surface area contributed by atoms with Crippen LogP contribution in [0.3, 0.4) is 0 Å². The van der Waals surface area contributed by atoms with Crippen molar-refractivity contribution in [1.29, 1.82) is 5.26 Å². The van der Waals surface area contributed by atoms with Crippen molar-refractivity contribution in [1.82, 2.24) is 25.2 Å². The summed E-state index contributed by atoms with van der Waals surface area (Å²) in [4.78, 5) is 19.5. The molecule has 2 fully saturated rings. The Morgan fingerprint density at radius 3 is 2.31 bits per heavy atom. The predicted octanol–water partition coefficient (Wildman–Crippen LogP) is 5.53. The van der Waals surface area contributed by atoms with Crippen LogP contribution < -0.4 is 15.6 Å². The maximum absolute atomic E-state index is 14.2. The molecule has 2 heterocycles. The zero-order chi connectivity index (χ0) is 33.7. The van der Waals surface area contributed by atoms with E-state index in [1.807, 2.05) is 24.9 Å². The van der Waals surface area contributed by atoms with Gasteiger partial charge in [-0.1, -0.05) is 19.1 Å². The highest BCUT2D eigenvalue weighted by Crippen LogP contribution is 2.37. The summed E-state index contributed by atoms with van der Waals surface area (Å²) in [6.45, 7) is 18.7. The number of halogens is 3. The molecule has 2 N–H and O–H groups in total. The van der Waals surface area contributed by atoms with E-state index >= 15 is 0 Å². The fourth-order valence-corrected chi connectivity index (χ4v) is 5.87. The van der Waals surface area contributed by atoms with Gasteiger partial charge in [-0.15, -0.1) is 0 Å². The van der Waals surface area contributed by atoms with Gasteiger partial charge >= 0.3 is 6.18 Å². The molecule has 1 aliphatic heterocycles. The molecule has 1 saturated carbocycles. The first-order valence-electron chi connectivity index (χ1n) is 16.0. The number of pyridine rings is 1. The topological polar surface area (TPSA) is 90.8 Å². The third-order valence-corrected chi connectivity index (χ3v) is 8.45. The maximum atomic E-state index is 14.2. The Morgan fingerprint density at radius 1 is 1.24 bits per heavy atom. The number of carbonyl (C=O) groups excluding carboxylic acids is 1. The van der Waals surface area contributed by atoms with Gasteiger partial charge in [0.2, 0.25) is 0 Å². The first-order chi connectivity index (χ1) is 21.4. The zero-order valence-corrected chi connectivity index (χ0v) is 28.2. The molecule has 2 aliphatic rings. The summed E-state index contributed by atoms with van der Waals surface area (Å²) in [5, 5.41) is 15.3. The third kappa shape index (κ3) is 11.0. The molecule has 0 bridgehead atoms. The van der Waals surface area contributed by atoms with Gasteiger partial charge in [-0.3, -0.25) is 9.69 Å². The van der Waals surface area contributed by atoms with Crippen molar-refractivity contribution in [3.63, 3.8) is 0 Å². The highest BCUT2D eigenvalue weighted by Gasteiger charge is 2.38. The summed E-state index contributed by atoms with van der Waals surface area (Å²) < 4.78 is 42.5. The van der Waals surface area contributed by atoms with E-state index in [0.29, 0.717) is 32.0 Å². The van der Waals surface area contributed by atoms with Crippen molar-refractivity contribution in [3.05, 3.63) is 41.2 Å². The summed E-state index contributed by atoms with van der Waals surface area (Å²) in [6.07, 6.45) is 1.08. The van der Waals surface area contributed by atoms with Gasteiger partial charge in [-0.25, -0.2) is 10.4 Å². The molecule has 0 spiro atoms. The largest absolute Gasteiger partial charge is 0.434 e. The number of nitrogens with one attached hydrogen (secondary N) is 2. The minimum absolute atomic E-state index is 0.128. The van der Waals surface area contributed by atoms with Gasteiger partial charge in [-0.05, 0) is 66.5 Å². The van der Waals surface area contributed by atoms with Crippen LogP contribution in [-0.2, 0) is 11.0 Å². The second-order valence-electron chi connectivity index (χ2n) is 12.0. The van der Waals surface area contributed by atoms with Crippen LogP contribution >= 0.6 is 0 Å². The average molecular weight is 635 g/mol. The normalized spacial score (nSPS) is 16.8. The lowest BCUT2D eigenvalue weighted by Gasteiger charge is -2.39. The van der Waals surface area contributed by atoms with Crippen molar-refractivity contribution >= 4 is 17.8 Å². The number of hydrazine groups is 1. The van der Waals surface area contributed by atoms with Crippen LogP contribution in [0.2, 0.25) is 0 Å². The van der Waals surface area contributed by atoms with E-state index in [4.69, 9.17) is 4.79 Å². The lowest BCUT2D eigenvalue weighted by molar-refractivity contribution is -0.141. The van der Waals surface area contributed by atoms with E-state index in [0.717, 1.165) is 51.9 Å². The molecule has 9 nitrogen and oxygen atoms in total. The van der Waals surface area contributed by atoms with E-state index in [2.05, 4.69) is 71.9 Å². The first kappa shape index (κ1) is 38.0. The number of likely N-dealkylation sites (N-methyl/N-ethyl adjacent to an activating group) is 2. The van der Waals surface area contributed by atoms with Crippen LogP contribution in [0.5, 0.6) is 0 Å². The number of alkyl halides is 3. The molecule has 0 amide bonds. The number of carbonyl (C=O) groups is 1. The number of nitriles is 1. The van der Waals surface area contributed by atoms with Crippen LogP contribution in [0.1, 0.15) is 71.6 Å². The molecular formula is C33H53F3N8O. The quantitative estimate of drug-likeness (QED) is 0.147. The average Bonchev–Trinajstić information content (AvgIpc) is 3.86. The smallest absolute Gasteiger partial charge is 0.370 e. The predicted molar refractivity (Wildman–Crippen MR) is 176 cm³/mol. The van der Waals surface area contributed by atoms with E-state index in [-0.39, 0.29) is 23.5 Å². The molecule has 2 unspecified atom stereocenters. The van der Waals surface area contributed by atoms with E-state index < -0.39 is 17.4 Å². The molecule has 1 aromatic heterocycles. The molecule has 1 saturated heterocycles. The highest BCUT2D eigenvalue weighted by molar-refractivity contribution is 5.66. The summed E-state index contributed by atoms with van der Waals surface area (Å²) >= 11 is 0. The number of piperazine rings is 1. The number of aldehydes is 1. The molecule has 1 aliphatic carbocycles. The standard InChI is InChI=1S/C30H49F3N8.C3H4O/c1-8-23(28(21(3)4)41(35-6)24-10-11-24)12-13-36-27-18-26(25(19-34)29(37-27)30(31,32)33)39(9-2)20-22(5)40-16-14-38(7)15-17-40;1-2-3-4/h18,22-24,35H,8-17,20H2,1-7H3,(H,36,37);2-3H,1H2. The number of nitrogens with zero attached hydrogens (tertiary/aromatic N) is 6. The maximum Gasteiger partial charge on any atom is 0.434 e. The van der Waals surface area contributed by atoms with Crippen molar-refractivity contribution in [3.8, 4) is 6.07 Å². The van der Waals surface area contributed by atoms with Crippen LogP contribution in [0.15, 0.2) is 30.0 Å². The Bertz CT molecular complexity index is 1160. The van der Waals surface area contributed by atoms with Gasteiger partial charge in [-0.2, -0.15) is 18.4 Å². The van der Waals surface area contributed by atoms with Gasteiger partial charge in [0.15, 0.2) is 5.69 Å². The van der Waals surface area contributed by atoms with Crippen LogP contribution in [0.25, 0.3) is 0 Å². The van der Waals surface area contributed by atoms with Crippen molar-refractivity contribution in [2.24, 2.45) is 5.92 Å². The number of rotatable bonds is 15. The molecular weight excluding hydrogens is 581 g/mol. The second kappa shape index (κ2) is 18.1. The molecule has 252 valence electrons. The lowest BCUT2D eigenvalue weighted by atomic mass is 9.94. The van der Waals surface area contributed by atoms with Gasteiger partial charge in [0.1, 0.15) is 23.7 Å². The zero-order valence-electron chi connectivity index (χ0n) is 28.2. The Balaban J connectivity index is 0.00000166. The monoisotopic (exact) mass is 634 g/mol. The third-order valence-electron chi connectivity index (χ3n) is 8.45. The van der Waals surface area contributed by atoms with Gasteiger partial charge in [0, 0.05) is 82.6 Å². The fraction of sp³-hybridized carbons (Fsp3) is 0.667. The molecule has 12 heteroatoms. The van der Waals surface area contributed by atoms with E-state index in [1.165, 1.54) is 17.3 Å². The molecule has 0 radical (unpaired) electrons. The van der Waals surface area contributed by atoms with Crippen LogP contribution in [-0.4, -0.2) is 98.1 Å². The Morgan fingerprint density at radius 2 is 1.87 bits per heavy atom. The van der Waals surface area contributed by atoms with Crippen molar-refractivity contribution in [2.75, 3.05) is 70.1 Å². The lowest BCUT2D eigenvalue weighted by Crippen LogP contribution is -2.51. The van der Waals surface area contributed by atoms with Gasteiger partial charge < -0.3 is 20.1 Å². The number of anilines is 2. The Hall–Kier alpha value is -3.14. The number of hydrogen-bond acceptors (Lipinski definition) is 9. The van der Waals surface area contributed by atoms with Crippen molar-refractivity contribution < 1.29 is 18.0 Å². The second-order valence-corrected chi connectivity index (χ2v) is 12.0. The summed E-state index contributed by atoms with van der Waals surface area (Å²) in [5.74, 6) is 0.398. The first-order valence-corrected chi connectivity index (χ1v) is 16.0. The van der Waals surface area contributed by atoms with E-state index in [9.17, 15) is 18.4 Å². The van der Waals surface area contributed by atoms with Crippen molar-refractivity contribution in [2.45, 2.75) is 78.6 Å². The summed E-state index contributed by atoms with van der Waals surface area (Å²) in [6, 6.07) is 4.08. The SMILES string of the molecule is C=CC=O.CCC(CCNc1cc(N(CC)CC(C)N2CCN(C)CC2)c(C#N)c(C(F)(F)F)n1)C(=C(C)C)N(NC)C1CC1. The van der Waals surface area contributed by atoms with E-state index in [1.54, 1.807) is 6.07 Å². The van der Waals surface area contributed by atoms with Gasteiger partial charge in [0.25, 0.3) is 0 Å².